The second-order valence-electron chi connectivity index (χ2n) is 4.68. The molecule has 1 aromatic carbocycles. The number of nitrogens with zero attached hydrogens (tertiary/aromatic N) is 1. The molecule has 1 atom stereocenters. The third-order valence-corrected chi connectivity index (χ3v) is 3.53. The zero-order valence-corrected chi connectivity index (χ0v) is 8.59. The number of fused-ring (bicyclic) bond motifs is 3. The Morgan fingerprint density at radius 2 is 2.27 bits per heavy atom. The zero-order chi connectivity index (χ0) is 10.6. The molecule has 0 bridgehead atoms. The van der Waals surface area contributed by atoms with Crippen LogP contribution in [0.2, 0.25) is 0 Å². The molecule has 0 N–H and O–H groups in total. The Balaban J connectivity index is 2.18. The van der Waals surface area contributed by atoms with E-state index in [1.165, 1.54) is 12.1 Å². The van der Waals surface area contributed by atoms with Crippen molar-refractivity contribution >= 4 is 11.6 Å². The molecule has 1 fully saturated rings. The Hall–Kier alpha value is -1.38. The van der Waals surface area contributed by atoms with E-state index in [0.29, 0.717) is 6.42 Å². The van der Waals surface area contributed by atoms with E-state index >= 15 is 0 Å². The van der Waals surface area contributed by atoms with E-state index in [4.69, 9.17) is 0 Å². The van der Waals surface area contributed by atoms with Crippen LogP contribution in [0.25, 0.3) is 0 Å². The van der Waals surface area contributed by atoms with E-state index in [0.717, 1.165) is 24.1 Å². The Kier molecular flexibility index (Phi) is 1.54. The van der Waals surface area contributed by atoms with Gasteiger partial charge in [0.25, 0.3) is 0 Å². The smallest absolute Gasteiger partial charge is 0.227 e. The summed E-state index contributed by atoms with van der Waals surface area (Å²) in [7, 11) is 0. The topological polar surface area (TPSA) is 20.3 Å². The first-order valence-corrected chi connectivity index (χ1v) is 5.22. The van der Waals surface area contributed by atoms with Gasteiger partial charge in [-0.2, -0.15) is 0 Å². The fourth-order valence-corrected chi connectivity index (χ4v) is 2.80. The highest BCUT2D eigenvalue weighted by atomic mass is 19.1. The summed E-state index contributed by atoms with van der Waals surface area (Å²) in [4.78, 5) is 13.5. The Bertz CT molecular complexity index is 457. The van der Waals surface area contributed by atoms with E-state index in [1.54, 1.807) is 11.0 Å². The second-order valence-corrected chi connectivity index (χ2v) is 4.68. The first-order chi connectivity index (χ1) is 7.10. The van der Waals surface area contributed by atoms with Crippen molar-refractivity contribution in [3.05, 3.63) is 29.6 Å². The monoisotopic (exact) mass is 205 g/mol. The minimum Gasteiger partial charge on any atom is -0.306 e. The van der Waals surface area contributed by atoms with Gasteiger partial charge in [0.05, 0.1) is 5.69 Å². The molecule has 3 heteroatoms. The molecule has 2 aliphatic rings. The first-order valence-electron chi connectivity index (χ1n) is 5.22. The average Bonchev–Trinajstić information content (AvgIpc) is 2.61. The average molecular weight is 205 g/mol. The van der Waals surface area contributed by atoms with Crippen LogP contribution in [0.15, 0.2) is 18.2 Å². The molecule has 2 aliphatic heterocycles. The number of hydrogen-bond acceptors (Lipinski definition) is 1. The molecule has 78 valence electrons. The van der Waals surface area contributed by atoms with Gasteiger partial charge in [-0.05, 0) is 37.5 Å². The third-order valence-electron chi connectivity index (χ3n) is 3.53. The van der Waals surface area contributed by atoms with Crippen molar-refractivity contribution in [2.75, 3.05) is 4.90 Å². The molecule has 0 aromatic heterocycles. The predicted octanol–water partition coefficient (Wildman–Crippen LogP) is 2.27. The maximum atomic E-state index is 13.1. The number of carbonyl (C=O) groups is 1. The van der Waals surface area contributed by atoms with Crippen LogP contribution in [-0.4, -0.2) is 11.4 Å². The van der Waals surface area contributed by atoms with Crippen LogP contribution in [0.4, 0.5) is 10.1 Å². The van der Waals surface area contributed by atoms with Crippen LogP contribution in [0.5, 0.6) is 0 Å². The van der Waals surface area contributed by atoms with Crippen molar-refractivity contribution < 1.29 is 9.18 Å². The summed E-state index contributed by atoms with van der Waals surface area (Å²) in [6.45, 7) is 2.08. The number of halogens is 1. The van der Waals surface area contributed by atoms with Gasteiger partial charge in [-0.3, -0.25) is 4.79 Å². The molecular formula is C12H12FNO. The summed E-state index contributed by atoms with van der Waals surface area (Å²) in [5.74, 6) is -0.139. The number of rotatable bonds is 0. The van der Waals surface area contributed by atoms with Gasteiger partial charge in [-0.25, -0.2) is 4.39 Å². The van der Waals surface area contributed by atoms with Gasteiger partial charge in [0.15, 0.2) is 0 Å². The minimum absolute atomic E-state index is 0.104. The number of anilines is 1. The number of benzene rings is 1. The molecule has 0 aliphatic carbocycles. The largest absolute Gasteiger partial charge is 0.306 e. The van der Waals surface area contributed by atoms with E-state index in [2.05, 4.69) is 6.92 Å². The lowest BCUT2D eigenvalue weighted by Crippen LogP contribution is -2.40. The highest BCUT2D eigenvalue weighted by Crippen LogP contribution is 2.45. The maximum Gasteiger partial charge on any atom is 0.227 e. The quantitative estimate of drug-likeness (QED) is 0.636. The molecule has 2 heterocycles. The van der Waals surface area contributed by atoms with Crippen molar-refractivity contribution in [1.82, 2.24) is 0 Å². The van der Waals surface area contributed by atoms with Crippen LogP contribution < -0.4 is 4.90 Å². The van der Waals surface area contributed by atoms with Crippen molar-refractivity contribution in [1.29, 1.82) is 0 Å². The first kappa shape index (κ1) is 8.89. The summed E-state index contributed by atoms with van der Waals surface area (Å²) in [5, 5.41) is 0. The van der Waals surface area contributed by atoms with Gasteiger partial charge in [0.1, 0.15) is 5.82 Å². The zero-order valence-electron chi connectivity index (χ0n) is 8.59. The molecule has 1 amide bonds. The van der Waals surface area contributed by atoms with Crippen LogP contribution in [0, 0.1) is 5.82 Å². The molecule has 0 spiro atoms. The lowest BCUT2D eigenvalue weighted by atomic mass is 9.95. The van der Waals surface area contributed by atoms with Crippen molar-refractivity contribution in [3.63, 3.8) is 0 Å². The fourth-order valence-electron chi connectivity index (χ4n) is 2.80. The highest BCUT2D eigenvalue weighted by molar-refractivity contribution is 5.99. The van der Waals surface area contributed by atoms with Gasteiger partial charge in [-0.15, -0.1) is 0 Å². The van der Waals surface area contributed by atoms with E-state index in [9.17, 15) is 9.18 Å². The standard InChI is InChI=1S/C12H12FNO/c1-12-5-4-11(15)14(12)10-6-9(13)3-2-8(10)7-12/h2-3,6H,4-5,7H2,1H3. The molecule has 15 heavy (non-hydrogen) atoms. The van der Waals surface area contributed by atoms with Crippen LogP contribution in [-0.2, 0) is 11.2 Å². The molecule has 3 rings (SSSR count). The third kappa shape index (κ3) is 1.06. The molecule has 1 saturated heterocycles. The molecule has 1 aromatic rings. The molecular weight excluding hydrogens is 193 g/mol. The predicted molar refractivity (Wildman–Crippen MR) is 55.2 cm³/mol. The molecule has 2 nitrogen and oxygen atoms in total. The molecule has 0 saturated carbocycles. The highest BCUT2D eigenvalue weighted by Gasteiger charge is 2.47. The van der Waals surface area contributed by atoms with Gasteiger partial charge in [0.2, 0.25) is 5.91 Å². The van der Waals surface area contributed by atoms with E-state index in [-0.39, 0.29) is 17.3 Å². The Morgan fingerprint density at radius 3 is 3.07 bits per heavy atom. The van der Waals surface area contributed by atoms with E-state index in [1.807, 2.05) is 0 Å². The lowest BCUT2D eigenvalue weighted by molar-refractivity contribution is -0.117. The molecule has 0 radical (unpaired) electrons. The SMILES string of the molecule is CC12CCC(=O)N1c1cc(F)ccc1C2. The van der Waals surface area contributed by atoms with Gasteiger partial charge >= 0.3 is 0 Å². The van der Waals surface area contributed by atoms with E-state index < -0.39 is 0 Å². The van der Waals surface area contributed by atoms with Crippen LogP contribution >= 0.6 is 0 Å². The normalized spacial score (nSPS) is 28.1. The summed E-state index contributed by atoms with van der Waals surface area (Å²) < 4.78 is 13.1. The van der Waals surface area contributed by atoms with Gasteiger partial charge < -0.3 is 4.90 Å². The maximum absolute atomic E-state index is 13.1. The van der Waals surface area contributed by atoms with Crippen molar-refractivity contribution in [3.8, 4) is 0 Å². The summed E-state index contributed by atoms with van der Waals surface area (Å²) in [5.41, 5.74) is 1.76. The van der Waals surface area contributed by atoms with Crippen molar-refractivity contribution in [2.24, 2.45) is 0 Å². The summed E-state index contributed by atoms with van der Waals surface area (Å²) in [6, 6.07) is 4.74. The van der Waals surface area contributed by atoms with Crippen LogP contribution in [0.3, 0.4) is 0 Å². The van der Waals surface area contributed by atoms with Gasteiger partial charge in [0, 0.05) is 12.0 Å². The van der Waals surface area contributed by atoms with Crippen LogP contribution in [0.1, 0.15) is 25.3 Å². The summed E-state index contributed by atoms with van der Waals surface area (Å²) in [6.07, 6.45) is 2.32. The lowest BCUT2D eigenvalue weighted by Gasteiger charge is -2.27. The summed E-state index contributed by atoms with van der Waals surface area (Å²) >= 11 is 0. The fraction of sp³-hybridized carbons (Fsp3) is 0.417. The molecule has 1 unspecified atom stereocenters. The Labute approximate surface area is 87.7 Å². The number of carbonyl (C=O) groups excluding carboxylic acids is 1. The van der Waals surface area contributed by atoms with Crippen molar-refractivity contribution in [2.45, 2.75) is 31.7 Å². The minimum atomic E-state index is -0.266. The second kappa shape index (κ2) is 2.60. The number of hydrogen-bond donors (Lipinski definition) is 0. The number of amides is 1. The Morgan fingerprint density at radius 1 is 1.47 bits per heavy atom. The van der Waals surface area contributed by atoms with Gasteiger partial charge in [-0.1, -0.05) is 6.07 Å².